The van der Waals surface area contributed by atoms with Crippen molar-refractivity contribution in [1.82, 2.24) is 24.5 Å². The van der Waals surface area contributed by atoms with Crippen LogP contribution in [-0.2, 0) is 6.54 Å². The lowest BCUT2D eigenvalue weighted by Gasteiger charge is -2.20. The average molecular weight is 472 g/mol. The summed E-state index contributed by atoms with van der Waals surface area (Å²) in [5, 5.41) is 18.4. The largest absolute Gasteiger partial charge is 0.508 e. The van der Waals surface area contributed by atoms with Crippen molar-refractivity contribution < 1.29 is 5.11 Å². The molecular formula is C29H37N5O. The van der Waals surface area contributed by atoms with Gasteiger partial charge in [-0.2, -0.15) is 0 Å². The molecule has 35 heavy (non-hydrogen) atoms. The Balaban J connectivity index is 0.000000671. The fourth-order valence-corrected chi connectivity index (χ4v) is 3.64. The molecule has 6 heteroatoms. The highest BCUT2D eigenvalue weighted by molar-refractivity contribution is 5.75. The molecule has 5 aromatic rings. The van der Waals surface area contributed by atoms with Crippen molar-refractivity contribution in [3.63, 3.8) is 0 Å². The van der Waals surface area contributed by atoms with Crippen LogP contribution in [0.25, 0.3) is 11.0 Å². The fraction of sp³-hybridized carbons (Fsp3) is 0.276. The third kappa shape index (κ3) is 6.79. The lowest BCUT2D eigenvalue weighted by atomic mass is 9.98. The molecule has 0 aliphatic heterocycles. The third-order valence-electron chi connectivity index (χ3n) is 5.06. The number of phenolic OH excluding ortho intramolecular Hbond substituents is 1. The molecule has 0 radical (unpaired) electrons. The molecule has 0 saturated heterocycles. The Kier molecular flexibility index (Phi) is 11.2. The van der Waals surface area contributed by atoms with Crippen LogP contribution in [-0.4, -0.2) is 29.7 Å². The van der Waals surface area contributed by atoms with E-state index in [1.807, 2.05) is 88.8 Å². The van der Waals surface area contributed by atoms with E-state index in [4.69, 9.17) is 0 Å². The van der Waals surface area contributed by atoms with E-state index < -0.39 is 0 Å². The molecule has 6 nitrogen and oxygen atoms in total. The first-order valence-electron chi connectivity index (χ1n) is 12.4. The predicted molar refractivity (Wildman–Crippen MR) is 145 cm³/mol. The van der Waals surface area contributed by atoms with Gasteiger partial charge in [0.1, 0.15) is 11.3 Å². The number of fused-ring (bicyclic) bond motifs is 1. The van der Waals surface area contributed by atoms with Gasteiger partial charge in [-0.05, 0) is 41.0 Å². The molecule has 0 spiro atoms. The Bertz CT molecular complexity index is 1230. The van der Waals surface area contributed by atoms with Gasteiger partial charge in [0.25, 0.3) is 0 Å². The molecule has 1 unspecified atom stereocenters. The number of aromatic hydroxyl groups is 1. The van der Waals surface area contributed by atoms with E-state index in [9.17, 15) is 5.11 Å². The lowest BCUT2D eigenvalue weighted by molar-refractivity contribution is 0.474. The molecule has 2 aromatic heterocycles. The summed E-state index contributed by atoms with van der Waals surface area (Å²) >= 11 is 0. The van der Waals surface area contributed by atoms with E-state index in [0.717, 1.165) is 22.2 Å². The van der Waals surface area contributed by atoms with Crippen LogP contribution in [0.15, 0.2) is 91.5 Å². The summed E-state index contributed by atoms with van der Waals surface area (Å²) in [6.07, 6.45) is 5.52. The second-order valence-corrected chi connectivity index (χ2v) is 6.98. The van der Waals surface area contributed by atoms with Gasteiger partial charge in [0.05, 0.1) is 24.4 Å². The van der Waals surface area contributed by atoms with Gasteiger partial charge in [-0.1, -0.05) is 95.3 Å². The zero-order valence-electron chi connectivity index (χ0n) is 21.6. The fourth-order valence-electron chi connectivity index (χ4n) is 3.64. The molecule has 1 N–H and O–H groups in total. The number of hydrogen-bond acceptors (Lipinski definition) is 4. The van der Waals surface area contributed by atoms with Crippen LogP contribution < -0.4 is 0 Å². The van der Waals surface area contributed by atoms with Crippen molar-refractivity contribution in [2.45, 2.75) is 54.1 Å². The van der Waals surface area contributed by atoms with Gasteiger partial charge in [-0.15, -0.1) is 5.10 Å². The summed E-state index contributed by atoms with van der Waals surface area (Å²) < 4.78 is 3.98. The average Bonchev–Trinajstić information content (AvgIpc) is 3.60. The van der Waals surface area contributed by atoms with Crippen molar-refractivity contribution in [2.24, 2.45) is 0 Å². The van der Waals surface area contributed by atoms with Crippen LogP contribution in [0.4, 0.5) is 0 Å². The van der Waals surface area contributed by atoms with Crippen LogP contribution in [0.1, 0.15) is 64.3 Å². The molecule has 184 valence electrons. The highest BCUT2D eigenvalue weighted by Gasteiger charge is 2.18. The molecule has 0 saturated carbocycles. The number of aromatic nitrogens is 5. The maximum atomic E-state index is 9.69. The number of imidazole rings is 1. The number of nitrogens with zero attached hydrogens (tertiary/aromatic N) is 5. The Morgan fingerprint density at radius 2 is 1.46 bits per heavy atom. The van der Waals surface area contributed by atoms with Crippen molar-refractivity contribution >= 4 is 11.0 Å². The van der Waals surface area contributed by atoms with E-state index in [-0.39, 0.29) is 11.8 Å². The molecule has 5 rings (SSSR count). The van der Waals surface area contributed by atoms with Crippen LogP contribution in [0, 0.1) is 0 Å². The summed E-state index contributed by atoms with van der Waals surface area (Å²) in [4.78, 5) is 4.22. The Hall–Kier alpha value is -3.93. The molecular weight excluding hydrogens is 434 g/mol. The summed E-state index contributed by atoms with van der Waals surface area (Å²) in [6.45, 7) is 12.7. The molecule has 0 bridgehead atoms. The Morgan fingerprint density at radius 1 is 0.800 bits per heavy atom. The van der Waals surface area contributed by atoms with Crippen molar-refractivity contribution in [3.05, 3.63) is 108 Å². The third-order valence-corrected chi connectivity index (χ3v) is 5.06. The molecule has 0 aliphatic carbocycles. The predicted octanol–water partition coefficient (Wildman–Crippen LogP) is 7.10. The van der Waals surface area contributed by atoms with Gasteiger partial charge >= 0.3 is 0 Å². The maximum Gasteiger partial charge on any atom is 0.115 e. The van der Waals surface area contributed by atoms with E-state index >= 15 is 0 Å². The zero-order valence-corrected chi connectivity index (χ0v) is 21.6. The smallest absolute Gasteiger partial charge is 0.115 e. The van der Waals surface area contributed by atoms with Gasteiger partial charge < -0.3 is 9.67 Å². The number of benzene rings is 3. The Morgan fingerprint density at radius 3 is 2.09 bits per heavy atom. The first kappa shape index (κ1) is 27.3. The highest BCUT2D eigenvalue weighted by atomic mass is 16.3. The standard InChI is InChI=1S/C23H19N5O.3C2H6/c29-20-9-6-18(7-10-20)23(27-13-12-24-16-27)19-8-11-21-22(14-19)28(26-25-21)15-17-4-2-1-3-5-17;3*1-2/h1-14,16,23,29H,15H2;3*1-2H3. The van der Waals surface area contributed by atoms with Gasteiger partial charge in [0, 0.05) is 12.4 Å². The first-order chi connectivity index (χ1) is 17.3. The normalized spacial score (nSPS) is 10.7. The quantitative estimate of drug-likeness (QED) is 0.297. The summed E-state index contributed by atoms with van der Waals surface area (Å²) in [6, 6.07) is 23.7. The summed E-state index contributed by atoms with van der Waals surface area (Å²) in [5.41, 5.74) is 5.17. The number of phenols is 1. The number of hydrogen-bond donors (Lipinski definition) is 1. The first-order valence-corrected chi connectivity index (χ1v) is 12.4. The summed E-state index contributed by atoms with van der Waals surface area (Å²) in [5.74, 6) is 0.249. The Labute approximate surface area is 208 Å². The van der Waals surface area contributed by atoms with Crippen LogP contribution >= 0.6 is 0 Å². The summed E-state index contributed by atoms with van der Waals surface area (Å²) in [7, 11) is 0. The second kappa shape index (κ2) is 14.4. The molecule has 2 heterocycles. The highest BCUT2D eigenvalue weighted by Crippen LogP contribution is 2.29. The van der Waals surface area contributed by atoms with Crippen LogP contribution in [0.2, 0.25) is 0 Å². The van der Waals surface area contributed by atoms with Gasteiger partial charge in [-0.3, -0.25) is 0 Å². The maximum absolute atomic E-state index is 9.69. The minimum Gasteiger partial charge on any atom is -0.508 e. The minimum atomic E-state index is -0.0671. The van der Waals surface area contributed by atoms with Gasteiger partial charge in [0.2, 0.25) is 0 Å². The number of rotatable bonds is 5. The SMILES string of the molecule is CC.CC.CC.Oc1ccc(C(c2ccc3nnn(Cc4ccccc4)c3c2)n2ccnc2)cc1. The second-order valence-electron chi connectivity index (χ2n) is 6.98. The van der Waals surface area contributed by atoms with Crippen molar-refractivity contribution in [2.75, 3.05) is 0 Å². The molecule has 3 aromatic carbocycles. The van der Waals surface area contributed by atoms with E-state index in [1.54, 1.807) is 24.7 Å². The van der Waals surface area contributed by atoms with E-state index in [2.05, 4.69) is 44.1 Å². The zero-order chi connectivity index (χ0) is 25.6. The molecule has 1 atom stereocenters. The topological polar surface area (TPSA) is 68.8 Å². The van der Waals surface area contributed by atoms with Gasteiger partial charge in [0.15, 0.2) is 0 Å². The van der Waals surface area contributed by atoms with Crippen LogP contribution in [0.5, 0.6) is 5.75 Å². The molecule has 0 aliphatic rings. The monoisotopic (exact) mass is 471 g/mol. The molecule has 0 fully saturated rings. The van der Waals surface area contributed by atoms with Gasteiger partial charge in [-0.25, -0.2) is 9.67 Å². The van der Waals surface area contributed by atoms with E-state index in [0.29, 0.717) is 6.54 Å². The minimum absolute atomic E-state index is 0.0671. The lowest BCUT2D eigenvalue weighted by Crippen LogP contribution is -2.11. The van der Waals surface area contributed by atoms with E-state index in [1.165, 1.54) is 5.56 Å². The molecule has 0 amide bonds. The van der Waals surface area contributed by atoms with Crippen LogP contribution in [0.3, 0.4) is 0 Å². The van der Waals surface area contributed by atoms with Crippen molar-refractivity contribution in [3.8, 4) is 5.75 Å². The van der Waals surface area contributed by atoms with Crippen molar-refractivity contribution in [1.29, 1.82) is 0 Å².